The van der Waals surface area contributed by atoms with Gasteiger partial charge in [0.25, 0.3) is 5.91 Å². The van der Waals surface area contributed by atoms with Crippen LogP contribution in [0.5, 0.6) is 0 Å². The molecule has 0 radical (unpaired) electrons. The Kier molecular flexibility index (Phi) is 5.04. The Bertz CT molecular complexity index is 870. The minimum Gasteiger partial charge on any atom is -0.378 e. The van der Waals surface area contributed by atoms with E-state index in [9.17, 15) is 4.79 Å². The fraction of sp³-hybridized carbons (Fsp3) is 0.455. The fourth-order valence-electron chi connectivity index (χ4n) is 5.05. The average Bonchev–Trinajstić information content (AvgIpc) is 2.73. The molecule has 5 rings (SSSR count). The maximum Gasteiger partial charge on any atom is 0.253 e. The predicted molar refractivity (Wildman–Crippen MR) is 111 cm³/mol. The Labute approximate surface area is 176 Å². The van der Waals surface area contributed by atoms with Crippen LogP contribution in [-0.4, -0.2) is 83.1 Å². The van der Waals surface area contributed by atoms with Crippen LogP contribution in [0.3, 0.4) is 0 Å². The molecule has 3 aliphatic rings. The number of halogens is 1. The molecular formula is C22H25ClN4O2. The summed E-state index contributed by atoms with van der Waals surface area (Å²) in [7, 11) is 0. The van der Waals surface area contributed by atoms with Crippen molar-refractivity contribution < 1.29 is 9.53 Å². The van der Waals surface area contributed by atoms with E-state index in [2.05, 4.69) is 20.9 Å². The van der Waals surface area contributed by atoms with Crippen LogP contribution in [0.4, 0.5) is 0 Å². The summed E-state index contributed by atoms with van der Waals surface area (Å²) in [5, 5.41) is 0.647. The van der Waals surface area contributed by atoms with Crippen molar-refractivity contribution in [3.63, 3.8) is 0 Å². The normalized spacial score (nSPS) is 24.2. The number of rotatable bonds is 3. The Morgan fingerprint density at radius 3 is 2.79 bits per heavy atom. The van der Waals surface area contributed by atoms with Gasteiger partial charge < -0.3 is 9.64 Å². The zero-order chi connectivity index (χ0) is 19.8. The number of carbonyl (C=O) groups excluding carboxylic acids is 1. The Balaban J connectivity index is 1.33. The largest absolute Gasteiger partial charge is 0.378 e. The topological polar surface area (TPSA) is 48.9 Å². The lowest BCUT2D eigenvalue weighted by molar-refractivity contribution is -0.160. The molecule has 0 N–H and O–H groups in total. The standard InChI is InChI=1S/C22H25ClN4O2/c23-19-5-3-18(4-6-19)21(28)26-12-20-13-29-9-8-27(20)22(16-26)14-25(15-22)11-17-2-1-7-24-10-17/h1-7,10,20H,8-9,11-16H2/t20-/m1/s1. The molecule has 7 heteroatoms. The van der Waals surface area contributed by atoms with Crippen LogP contribution >= 0.6 is 11.6 Å². The molecule has 152 valence electrons. The van der Waals surface area contributed by atoms with Gasteiger partial charge in [0.15, 0.2) is 0 Å². The molecule has 4 heterocycles. The molecule has 6 nitrogen and oxygen atoms in total. The second kappa shape index (κ2) is 7.69. The highest BCUT2D eigenvalue weighted by Gasteiger charge is 2.54. The molecule has 29 heavy (non-hydrogen) atoms. The molecule has 0 aliphatic carbocycles. The van der Waals surface area contributed by atoms with Crippen molar-refractivity contribution in [3.05, 3.63) is 64.9 Å². The molecule has 3 fully saturated rings. The van der Waals surface area contributed by atoms with Crippen LogP contribution in [0.1, 0.15) is 15.9 Å². The SMILES string of the molecule is O=C(c1ccc(Cl)cc1)N1C[C@@H]2COCCN2C2(CN(Cc3cccnc3)C2)C1. The molecule has 0 saturated carbocycles. The number of benzene rings is 1. The highest BCUT2D eigenvalue weighted by atomic mass is 35.5. The molecular weight excluding hydrogens is 388 g/mol. The summed E-state index contributed by atoms with van der Waals surface area (Å²) in [5.74, 6) is 0.0805. The first-order chi connectivity index (χ1) is 14.1. The van der Waals surface area contributed by atoms with Crippen molar-refractivity contribution in [2.75, 3.05) is 45.9 Å². The molecule has 0 unspecified atom stereocenters. The van der Waals surface area contributed by atoms with E-state index < -0.39 is 0 Å². The minimum atomic E-state index is 0.0109. The van der Waals surface area contributed by atoms with E-state index in [4.69, 9.17) is 16.3 Å². The Morgan fingerprint density at radius 2 is 2.03 bits per heavy atom. The van der Waals surface area contributed by atoms with Crippen LogP contribution in [-0.2, 0) is 11.3 Å². The van der Waals surface area contributed by atoms with Crippen molar-refractivity contribution in [3.8, 4) is 0 Å². The Hall–Kier alpha value is -1.99. The second-order valence-corrected chi connectivity index (χ2v) is 8.78. The maximum absolute atomic E-state index is 13.2. The summed E-state index contributed by atoms with van der Waals surface area (Å²) in [5.41, 5.74) is 1.93. The number of ether oxygens (including phenoxy) is 1. The van der Waals surface area contributed by atoms with E-state index in [-0.39, 0.29) is 17.5 Å². The van der Waals surface area contributed by atoms with Gasteiger partial charge in [-0.1, -0.05) is 17.7 Å². The van der Waals surface area contributed by atoms with E-state index in [1.165, 1.54) is 5.56 Å². The number of likely N-dealkylation sites (tertiary alicyclic amines) is 1. The Morgan fingerprint density at radius 1 is 1.21 bits per heavy atom. The average molecular weight is 413 g/mol. The van der Waals surface area contributed by atoms with E-state index in [0.717, 1.165) is 39.3 Å². The quantitative estimate of drug-likeness (QED) is 0.773. The predicted octanol–water partition coefficient (Wildman–Crippen LogP) is 2.15. The zero-order valence-corrected chi connectivity index (χ0v) is 17.1. The highest BCUT2D eigenvalue weighted by molar-refractivity contribution is 6.30. The van der Waals surface area contributed by atoms with Gasteiger partial charge in [0.1, 0.15) is 0 Å². The molecule has 2 aromatic rings. The summed E-state index contributed by atoms with van der Waals surface area (Å²) in [6, 6.07) is 11.6. The molecule has 3 aliphatic heterocycles. The number of pyridine rings is 1. The first-order valence-corrected chi connectivity index (χ1v) is 10.5. The number of hydrogen-bond donors (Lipinski definition) is 0. The lowest BCUT2D eigenvalue weighted by Crippen LogP contribution is -2.80. The number of hydrogen-bond acceptors (Lipinski definition) is 5. The van der Waals surface area contributed by atoms with Gasteiger partial charge in [-0.2, -0.15) is 0 Å². The summed E-state index contributed by atoms with van der Waals surface area (Å²) in [4.78, 5) is 24.5. The summed E-state index contributed by atoms with van der Waals surface area (Å²) in [6.07, 6.45) is 3.74. The van der Waals surface area contributed by atoms with Gasteiger partial charge in [0.2, 0.25) is 0 Å². The van der Waals surface area contributed by atoms with Gasteiger partial charge in [0, 0.05) is 62.2 Å². The summed E-state index contributed by atoms with van der Waals surface area (Å²) < 4.78 is 5.75. The lowest BCUT2D eigenvalue weighted by Gasteiger charge is -2.63. The molecule has 0 bridgehead atoms. The van der Waals surface area contributed by atoms with Gasteiger partial charge in [0.05, 0.1) is 24.8 Å². The smallest absolute Gasteiger partial charge is 0.253 e. The van der Waals surface area contributed by atoms with Gasteiger partial charge in [-0.15, -0.1) is 0 Å². The zero-order valence-electron chi connectivity index (χ0n) is 16.3. The monoisotopic (exact) mass is 412 g/mol. The maximum atomic E-state index is 13.2. The number of piperazine rings is 1. The van der Waals surface area contributed by atoms with Gasteiger partial charge in [-0.25, -0.2) is 0 Å². The van der Waals surface area contributed by atoms with Crippen molar-refractivity contribution in [1.29, 1.82) is 0 Å². The van der Waals surface area contributed by atoms with Crippen molar-refractivity contribution in [2.24, 2.45) is 0 Å². The molecule has 3 saturated heterocycles. The highest BCUT2D eigenvalue weighted by Crippen LogP contribution is 2.36. The van der Waals surface area contributed by atoms with E-state index in [0.29, 0.717) is 23.7 Å². The number of fused-ring (bicyclic) bond motifs is 2. The number of morpholine rings is 1. The second-order valence-electron chi connectivity index (χ2n) is 8.35. The van der Waals surface area contributed by atoms with Crippen molar-refractivity contribution in [1.82, 2.24) is 19.7 Å². The van der Waals surface area contributed by atoms with Gasteiger partial charge in [-0.3, -0.25) is 19.6 Å². The lowest BCUT2D eigenvalue weighted by atomic mass is 9.82. The third kappa shape index (κ3) is 3.66. The van der Waals surface area contributed by atoms with Crippen LogP contribution < -0.4 is 0 Å². The third-order valence-corrected chi connectivity index (χ3v) is 6.55. The minimum absolute atomic E-state index is 0.0109. The molecule has 1 atom stereocenters. The van der Waals surface area contributed by atoms with Crippen LogP contribution in [0, 0.1) is 0 Å². The first kappa shape index (κ1) is 19.0. The first-order valence-electron chi connectivity index (χ1n) is 10.1. The van der Waals surface area contributed by atoms with E-state index in [1.54, 1.807) is 18.3 Å². The van der Waals surface area contributed by atoms with Crippen LogP contribution in [0.2, 0.25) is 5.02 Å². The number of aromatic nitrogens is 1. The summed E-state index contributed by atoms with van der Waals surface area (Å²) >= 11 is 5.99. The van der Waals surface area contributed by atoms with Crippen LogP contribution in [0.25, 0.3) is 0 Å². The van der Waals surface area contributed by atoms with Crippen molar-refractivity contribution >= 4 is 17.5 Å². The molecule has 1 aromatic heterocycles. The molecule has 1 aromatic carbocycles. The van der Waals surface area contributed by atoms with Crippen LogP contribution in [0.15, 0.2) is 48.8 Å². The number of carbonyl (C=O) groups is 1. The third-order valence-electron chi connectivity index (χ3n) is 6.30. The van der Waals surface area contributed by atoms with Gasteiger partial charge in [-0.05, 0) is 35.9 Å². The van der Waals surface area contributed by atoms with E-state index >= 15 is 0 Å². The van der Waals surface area contributed by atoms with Gasteiger partial charge >= 0.3 is 0 Å². The number of nitrogens with zero attached hydrogens (tertiary/aromatic N) is 4. The molecule has 1 spiro atoms. The number of amides is 1. The van der Waals surface area contributed by atoms with Crippen molar-refractivity contribution in [2.45, 2.75) is 18.1 Å². The van der Waals surface area contributed by atoms with E-state index in [1.807, 2.05) is 29.3 Å². The molecule has 1 amide bonds. The fourth-order valence-corrected chi connectivity index (χ4v) is 5.18. The summed E-state index contributed by atoms with van der Waals surface area (Å²) in [6.45, 7) is 6.69.